The summed E-state index contributed by atoms with van der Waals surface area (Å²) in [5, 5.41) is 8.98. The molecule has 0 saturated heterocycles. The smallest absolute Gasteiger partial charge is 0.417 e. The first-order valence-corrected chi connectivity index (χ1v) is 11.4. The van der Waals surface area contributed by atoms with E-state index >= 15 is 0 Å². The molecular weight excluding hydrogens is 509 g/mol. The van der Waals surface area contributed by atoms with Crippen molar-refractivity contribution in [3.63, 3.8) is 0 Å². The molecular formula is C25H22ClF3N6O2. The Morgan fingerprint density at radius 3 is 2.22 bits per heavy atom. The van der Waals surface area contributed by atoms with Crippen molar-refractivity contribution in [1.29, 1.82) is 0 Å². The van der Waals surface area contributed by atoms with E-state index in [2.05, 4.69) is 25.7 Å². The average molecular weight is 531 g/mol. The highest BCUT2D eigenvalue weighted by Gasteiger charge is 2.33. The number of halogens is 4. The van der Waals surface area contributed by atoms with E-state index < -0.39 is 22.8 Å². The minimum absolute atomic E-state index is 0.0538. The number of rotatable bonds is 5. The van der Waals surface area contributed by atoms with E-state index in [9.17, 15) is 18.0 Å². The van der Waals surface area contributed by atoms with E-state index in [1.54, 1.807) is 41.9 Å². The fourth-order valence-electron chi connectivity index (χ4n) is 3.47. The fraction of sp³-hybridized carbons (Fsp3) is 0.200. The molecule has 0 fully saturated rings. The van der Waals surface area contributed by atoms with E-state index in [-0.39, 0.29) is 5.69 Å². The monoisotopic (exact) mass is 530 g/mol. The highest BCUT2D eigenvalue weighted by molar-refractivity contribution is 6.31. The Bertz CT molecular complexity index is 1470. The summed E-state index contributed by atoms with van der Waals surface area (Å²) < 4.78 is 46.7. The van der Waals surface area contributed by atoms with Crippen molar-refractivity contribution in [2.75, 3.05) is 10.6 Å². The largest absolute Gasteiger partial charge is 0.439 e. The van der Waals surface area contributed by atoms with Gasteiger partial charge in [0.1, 0.15) is 11.6 Å². The Balaban J connectivity index is 1.43. The van der Waals surface area contributed by atoms with Crippen LogP contribution in [0, 0.1) is 27.7 Å². The Labute approximate surface area is 215 Å². The molecule has 0 aliphatic heterocycles. The lowest BCUT2D eigenvalue weighted by molar-refractivity contribution is -0.137. The third-order valence-corrected chi connectivity index (χ3v) is 5.86. The van der Waals surface area contributed by atoms with Crippen LogP contribution in [-0.2, 0) is 6.18 Å². The second-order valence-corrected chi connectivity index (χ2v) is 8.62. The molecule has 0 unspecified atom stereocenters. The molecule has 192 valence electrons. The predicted molar refractivity (Wildman–Crippen MR) is 134 cm³/mol. The van der Waals surface area contributed by atoms with E-state index in [0.29, 0.717) is 29.0 Å². The van der Waals surface area contributed by atoms with Gasteiger partial charge >= 0.3 is 12.2 Å². The number of amides is 2. The fourth-order valence-corrected chi connectivity index (χ4v) is 3.70. The zero-order valence-corrected chi connectivity index (χ0v) is 21.0. The lowest BCUT2D eigenvalue weighted by atomic mass is 10.2. The van der Waals surface area contributed by atoms with E-state index in [1.807, 2.05) is 20.8 Å². The lowest BCUT2D eigenvalue weighted by Crippen LogP contribution is -2.19. The summed E-state index contributed by atoms with van der Waals surface area (Å²) in [4.78, 5) is 21.0. The molecule has 2 aromatic carbocycles. The number of hydrogen-bond acceptors (Lipinski definition) is 5. The number of nitrogens with zero attached hydrogens (tertiary/aromatic N) is 4. The van der Waals surface area contributed by atoms with Gasteiger partial charge in [-0.15, -0.1) is 0 Å². The maximum Gasteiger partial charge on any atom is 0.417 e. The van der Waals surface area contributed by atoms with Crippen LogP contribution in [0.5, 0.6) is 11.6 Å². The Kier molecular flexibility index (Phi) is 7.08. The number of benzene rings is 2. The molecule has 4 rings (SSSR count). The minimum atomic E-state index is -4.64. The summed E-state index contributed by atoms with van der Waals surface area (Å²) in [5.74, 6) is 1.84. The summed E-state index contributed by atoms with van der Waals surface area (Å²) in [6.45, 7) is 7.62. The maximum absolute atomic E-state index is 13.0. The maximum atomic E-state index is 13.0. The molecule has 4 aromatic rings. The van der Waals surface area contributed by atoms with Gasteiger partial charge in [-0.25, -0.2) is 14.5 Å². The number of anilines is 2. The molecule has 0 saturated carbocycles. The van der Waals surface area contributed by atoms with Crippen LogP contribution in [-0.4, -0.2) is 25.8 Å². The van der Waals surface area contributed by atoms with Crippen molar-refractivity contribution < 1.29 is 22.7 Å². The van der Waals surface area contributed by atoms with Crippen LogP contribution in [0.2, 0.25) is 5.02 Å². The number of ether oxygens (including phenoxy) is 1. The van der Waals surface area contributed by atoms with Crippen LogP contribution in [0.15, 0.2) is 48.5 Å². The molecule has 2 aromatic heterocycles. The first kappa shape index (κ1) is 26.0. The molecule has 0 aliphatic rings. The van der Waals surface area contributed by atoms with Crippen molar-refractivity contribution in [3.05, 3.63) is 81.9 Å². The Hall–Kier alpha value is -4.12. The van der Waals surface area contributed by atoms with Gasteiger partial charge in [-0.2, -0.15) is 23.3 Å². The van der Waals surface area contributed by atoms with Crippen molar-refractivity contribution in [2.24, 2.45) is 0 Å². The third-order valence-electron chi connectivity index (χ3n) is 5.54. The molecule has 0 aliphatic carbocycles. The van der Waals surface area contributed by atoms with Crippen LogP contribution >= 0.6 is 11.6 Å². The highest BCUT2D eigenvalue weighted by atomic mass is 35.5. The van der Waals surface area contributed by atoms with Gasteiger partial charge < -0.3 is 15.4 Å². The van der Waals surface area contributed by atoms with Crippen LogP contribution in [0.4, 0.5) is 29.3 Å². The number of carbonyl (C=O) groups excluding carboxylic acids is 1. The number of urea groups is 1. The molecule has 0 atom stereocenters. The summed E-state index contributed by atoms with van der Waals surface area (Å²) in [6.07, 6.45) is -4.64. The summed E-state index contributed by atoms with van der Waals surface area (Å²) in [5.41, 5.74) is 2.24. The number of carbonyl (C=O) groups is 1. The van der Waals surface area contributed by atoms with Gasteiger partial charge in [0.25, 0.3) is 0 Å². The molecule has 2 N–H and O–H groups in total. The van der Waals surface area contributed by atoms with Crippen LogP contribution < -0.4 is 15.4 Å². The minimum Gasteiger partial charge on any atom is -0.439 e. The highest BCUT2D eigenvalue weighted by Crippen LogP contribution is 2.36. The van der Waals surface area contributed by atoms with Gasteiger partial charge in [-0.3, -0.25) is 0 Å². The van der Waals surface area contributed by atoms with E-state index in [4.69, 9.17) is 16.3 Å². The standard InChI is InChI=1S/C25H22ClF3N6O2/c1-13-14(2)34-35(15(13)3)22-12-23(31-16(4)30-22)37-19-8-5-17(6-9-19)32-24(36)33-18-7-10-21(26)20(11-18)25(27,28)29/h5-12H,1-4H3,(H2,32,33,36). The van der Waals surface area contributed by atoms with Crippen molar-refractivity contribution >= 4 is 29.0 Å². The quantitative estimate of drug-likeness (QED) is 0.289. The van der Waals surface area contributed by atoms with Crippen LogP contribution in [0.3, 0.4) is 0 Å². The SMILES string of the molecule is Cc1nc(Oc2ccc(NC(=O)Nc3ccc(Cl)c(C(F)(F)F)c3)cc2)cc(-n2nc(C)c(C)c2C)n1. The first-order chi connectivity index (χ1) is 17.4. The van der Waals surface area contributed by atoms with E-state index in [1.165, 1.54) is 6.07 Å². The topological polar surface area (TPSA) is 94.0 Å². The number of aryl methyl sites for hydroxylation is 2. The number of hydrogen-bond donors (Lipinski definition) is 2. The van der Waals surface area contributed by atoms with Crippen molar-refractivity contribution in [3.8, 4) is 17.4 Å². The molecule has 8 nitrogen and oxygen atoms in total. The summed E-state index contributed by atoms with van der Waals surface area (Å²) in [7, 11) is 0. The van der Waals surface area contributed by atoms with E-state index in [0.717, 1.165) is 29.1 Å². The van der Waals surface area contributed by atoms with Crippen LogP contribution in [0.25, 0.3) is 5.82 Å². The molecule has 0 spiro atoms. The molecule has 2 amide bonds. The zero-order valence-electron chi connectivity index (χ0n) is 20.2. The number of nitrogens with one attached hydrogen (secondary N) is 2. The number of alkyl halides is 3. The second-order valence-electron chi connectivity index (χ2n) is 8.22. The summed E-state index contributed by atoms with van der Waals surface area (Å²) in [6, 6.07) is 10.5. The van der Waals surface area contributed by atoms with Gasteiger partial charge in [-0.1, -0.05) is 11.6 Å². The van der Waals surface area contributed by atoms with Crippen LogP contribution in [0.1, 0.15) is 28.3 Å². The normalized spacial score (nSPS) is 11.4. The van der Waals surface area contributed by atoms with Gasteiger partial charge in [0.15, 0.2) is 5.82 Å². The van der Waals surface area contributed by atoms with Crippen molar-refractivity contribution in [1.82, 2.24) is 19.7 Å². The van der Waals surface area contributed by atoms with Gasteiger partial charge in [0.05, 0.1) is 16.3 Å². The molecule has 0 bridgehead atoms. The Morgan fingerprint density at radius 1 is 0.946 bits per heavy atom. The van der Waals surface area contributed by atoms with Crippen molar-refractivity contribution in [2.45, 2.75) is 33.9 Å². The van der Waals surface area contributed by atoms with Gasteiger partial charge in [0, 0.05) is 23.1 Å². The average Bonchev–Trinajstić information content (AvgIpc) is 3.08. The van der Waals surface area contributed by atoms with Gasteiger partial charge in [-0.05, 0) is 75.7 Å². The molecule has 12 heteroatoms. The lowest BCUT2D eigenvalue weighted by Gasteiger charge is -2.13. The second kappa shape index (κ2) is 10.1. The first-order valence-electron chi connectivity index (χ1n) is 11.0. The predicted octanol–water partition coefficient (Wildman–Crippen LogP) is 7.00. The Morgan fingerprint density at radius 2 is 1.59 bits per heavy atom. The van der Waals surface area contributed by atoms with Gasteiger partial charge in [0.2, 0.25) is 5.88 Å². The zero-order chi connectivity index (χ0) is 26.9. The molecule has 37 heavy (non-hydrogen) atoms. The molecule has 2 heterocycles. The number of aromatic nitrogens is 4. The summed E-state index contributed by atoms with van der Waals surface area (Å²) >= 11 is 5.61. The third kappa shape index (κ3) is 6.00. The molecule has 0 radical (unpaired) electrons.